The second-order valence-electron chi connectivity index (χ2n) is 8.62. The average molecular weight is 793 g/mol. The molecule has 0 bridgehead atoms. The summed E-state index contributed by atoms with van der Waals surface area (Å²) in [6.07, 6.45) is -5.30. The third-order valence-corrected chi connectivity index (χ3v) is 8.16. The molecule has 0 fully saturated rings. The molecule has 26 heteroatoms. The lowest BCUT2D eigenvalue weighted by Crippen LogP contribution is -2.29. The first-order valence-electron chi connectivity index (χ1n) is 12.1. The van der Waals surface area contributed by atoms with Crippen molar-refractivity contribution in [3.63, 3.8) is 0 Å². The molecule has 0 radical (unpaired) electrons. The molecule has 0 saturated carbocycles. The molecule has 0 aliphatic carbocycles. The lowest BCUT2D eigenvalue weighted by molar-refractivity contribution is -0.0584. The van der Waals surface area contributed by atoms with Crippen LogP contribution in [0.5, 0.6) is 11.5 Å². The van der Waals surface area contributed by atoms with E-state index in [0.717, 1.165) is 19.1 Å². The smallest absolute Gasteiger partial charge is 0.493 e. The molecule has 0 aromatic heterocycles. The summed E-state index contributed by atoms with van der Waals surface area (Å²) in [5.41, 5.74) is -20.4. The zero-order valence-electron chi connectivity index (χ0n) is 24.1. The van der Waals surface area contributed by atoms with Crippen LogP contribution in [0.4, 0.5) is 52.7 Å². The Balaban J connectivity index is 0.00000117. The van der Waals surface area contributed by atoms with Crippen LogP contribution in [0.2, 0.25) is 0 Å². The Bertz CT molecular complexity index is 1800. The maximum Gasteiger partial charge on any atom is 0.523 e. The van der Waals surface area contributed by atoms with Crippen molar-refractivity contribution in [3.05, 3.63) is 59.7 Å². The number of ether oxygens (including phenoxy) is 2. The number of rotatable bonds is 11. The predicted octanol–water partition coefficient (Wildman–Crippen LogP) is 5.88. The second kappa shape index (κ2) is 15.9. The van der Waals surface area contributed by atoms with Crippen LogP contribution in [0, 0.1) is 0 Å². The predicted molar refractivity (Wildman–Crippen MR) is 145 cm³/mol. The van der Waals surface area contributed by atoms with Crippen molar-refractivity contribution in [1.29, 1.82) is 0 Å². The van der Waals surface area contributed by atoms with Gasteiger partial charge in [0.15, 0.2) is 5.71 Å². The summed E-state index contributed by atoms with van der Waals surface area (Å²) in [6, 6.07) is 8.50. The molecule has 0 spiro atoms. The van der Waals surface area contributed by atoms with E-state index in [1.807, 2.05) is 4.40 Å². The summed E-state index contributed by atoms with van der Waals surface area (Å²) in [7, 11) is -17.0. The highest BCUT2D eigenvalue weighted by Crippen LogP contribution is 2.30. The van der Waals surface area contributed by atoms with Crippen LogP contribution in [0.25, 0.3) is 0 Å². The summed E-state index contributed by atoms with van der Waals surface area (Å²) >= 11 is 0. The number of hydrogen-bond donors (Lipinski definition) is 0. The zero-order chi connectivity index (χ0) is 38.3. The van der Waals surface area contributed by atoms with Crippen LogP contribution in [0.3, 0.4) is 0 Å². The van der Waals surface area contributed by atoms with Gasteiger partial charge in [-0.1, -0.05) is 0 Å². The minimum Gasteiger partial charge on any atom is -0.493 e. The third-order valence-electron chi connectivity index (χ3n) is 5.05. The van der Waals surface area contributed by atoms with E-state index in [9.17, 15) is 77.9 Å². The van der Waals surface area contributed by atoms with E-state index in [4.69, 9.17) is 9.47 Å². The Morgan fingerprint density at radius 1 is 0.592 bits per heavy atom. The highest BCUT2D eigenvalue weighted by atomic mass is 32.2. The maximum absolute atomic E-state index is 13.1. The van der Waals surface area contributed by atoms with Gasteiger partial charge in [0, 0.05) is 12.0 Å². The molecule has 278 valence electrons. The third kappa shape index (κ3) is 13.0. The monoisotopic (exact) mass is 792 g/mol. The minimum absolute atomic E-state index is 0.00289. The summed E-state index contributed by atoms with van der Waals surface area (Å²) in [4.78, 5) is 0. The maximum atomic E-state index is 13.1. The van der Waals surface area contributed by atoms with Gasteiger partial charge in [-0.3, -0.25) is 4.18 Å². The van der Waals surface area contributed by atoms with Crippen LogP contribution < -0.4 is 9.47 Å². The van der Waals surface area contributed by atoms with Gasteiger partial charge in [0.2, 0.25) is 0 Å². The van der Waals surface area contributed by atoms with E-state index >= 15 is 0 Å². The Hall–Kier alpha value is -3.65. The molecule has 2 rings (SSSR count). The summed E-state index contributed by atoms with van der Waals surface area (Å²) < 4.78 is 230. The number of sulfonamides is 2. The van der Waals surface area contributed by atoms with Crippen LogP contribution in [0.1, 0.15) is 24.5 Å². The Labute approximate surface area is 269 Å². The molecule has 0 unspecified atom stereocenters. The molecule has 2 aromatic carbocycles. The largest absolute Gasteiger partial charge is 0.523 e. The summed E-state index contributed by atoms with van der Waals surface area (Å²) in [5.74, 6) is 0.254. The van der Waals surface area contributed by atoms with Crippen molar-refractivity contribution in [2.45, 2.75) is 36.0 Å². The Kier molecular flexibility index (Phi) is 14.1. The number of benzene rings is 2. The Morgan fingerprint density at radius 3 is 1.27 bits per heavy atom. The first-order chi connectivity index (χ1) is 21.9. The molecule has 0 aliphatic rings. The van der Waals surface area contributed by atoms with E-state index in [1.165, 1.54) is 24.3 Å². The first kappa shape index (κ1) is 43.4. The Morgan fingerprint density at radius 2 is 0.959 bits per heavy atom. The van der Waals surface area contributed by atoms with Crippen molar-refractivity contribution in [2.75, 3.05) is 20.3 Å². The number of alkyl halides is 12. The van der Waals surface area contributed by atoms with Crippen molar-refractivity contribution in [2.24, 2.45) is 8.80 Å². The molecule has 11 nitrogen and oxygen atoms in total. The van der Waals surface area contributed by atoms with Gasteiger partial charge in [-0.15, -0.1) is 0 Å². The molecule has 0 aliphatic heterocycles. The average Bonchev–Trinajstić information content (AvgIpc) is 2.94. The lowest BCUT2D eigenvalue weighted by atomic mass is 10.1. The fourth-order valence-corrected chi connectivity index (χ4v) is 4.07. The topological polar surface area (TPSA) is 155 Å². The van der Waals surface area contributed by atoms with Gasteiger partial charge in [-0.2, -0.15) is 86.7 Å². The summed E-state index contributed by atoms with van der Waals surface area (Å²) in [5, 5.41) is 0. The number of hydrogen-bond acceptors (Lipinski definition) is 9. The highest BCUT2D eigenvalue weighted by molar-refractivity contribution is 7.91. The first-order valence-corrected chi connectivity index (χ1v) is 16.4. The molecule has 0 amide bonds. The zero-order valence-corrected chi connectivity index (χ0v) is 26.5. The quantitative estimate of drug-likeness (QED) is 0.0893. The molecule has 0 atom stereocenters. The summed E-state index contributed by atoms with van der Waals surface area (Å²) in [6.45, 7) is 1.07. The van der Waals surface area contributed by atoms with E-state index in [1.54, 1.807) is 0 Å². The molecular formula is C23H20F12N2O9S3. The molecular weight excluding hydrogens is 772 g/mol. The van der Waals surface area contributed by atoms with Crippen LogP contribution in [0.15, 0.2) is 57.3 Å². The minimum atomic E-state index is -6.45. The van der Waals surface area contributed by atoms with Gasteiger partial charge in [-0.25, -0.2) is 0 Å². The van der Waals surface area contributed by atoms with Crippen molar-refractivity contribution >= 4 is 41.6 Å². The van der Waals surface area contributed by atoms with Crippen molar-refractivity contribution < 1.29 is 91.6 Å². The fraction of sp³-hybridized carbons (Fsp3) is 0.391. The second-order valence-corrected chi connectivity index (χ2v) is 13.5. The van der Waals surface area contributed by atoms with Gasteiger partial charge in [0.25, 0.3) is 0 Å². The molecule has 2 aromatic rings. The van der Waals surface area contributed by atoms with Gasteiger partial charge in [-0.05, 0) is 61.0 Å². The SMILES string of the molecule is CC(=NS(=O)(=O)C(F)(F)F)c1ccc(OCCCOc2ccc(C(=NS(=O)(=O)C(F)(F)F)C(F)(F)F)cc2)cc1.COS(=O)(=O)C(F)(F)F. The molecule has 0 heterocycles. The van der Waals surface area contributed by atoms with Crippen LogP contribution in [-0.2, 0) is 34.3 Å². The van der Waals surface area contributed by atoms with E-state index in [0.29, 0.717) is 19.2 Å². The molecule has 49 heavy (non-hydrogen) atoms. The highest BCUT2D eigenvalue weighted by Gasteiger charge is 2.49. The van der Waals surface area contributed by atoms with Crippen molar-refractivity contribution in [1.82, 2.24) is 0 Å². The van der Waals surface area contributed by atoms with E-state index < -0.39 is 69.9 Å². The normalized spacial score (nSPS) is 14.2. The number of nitrogens with zero attached hydrogens (tertiary/aromatic N) is 2. The van der Waals surface area contributed by atoms with Crippen LogP contribution in [-0.4, -0.2) is 79.7 Å². The van der Waals surface area contributed by atoms with E-state index in [2.05, 4.69) is 8.58 Å². The number of halogens is 12. The van der Waals surface area contributed by atoms with Crippen LogP contribution >= 0.6 is 0 Å². The van der Waals surface area contributed by atoms with Gasteiger partial charge in [0.1, 0.15) is 11.5 Å². The van der Waals surface area contributed by atoms with Gasteiger partial charge in [0.05, 0.1) is 26.0 Å². The molecule has 0 N–H and O–H groups in total. The van der Waals surface area contributed by atoms with Gasteiger partial charge < -0.3 is 9.47 Å². The van der Waals surface area contributed by atoms with Gasteiger partial charge >= 0.3 is 52.9 Å². The van der Waals surface area contributed by atoms with Crippen molar-refractivity contribution in [3.8, 4) is 11.5 Å². The lowest BCUT2D eigenvalue weighted by Gasteiger charge is -2.13. The fourth-order valence-electron chi connectivity index (χ4n) is 2.76. The van der Waals surface area contributed by atoms with E-state index in [-0.39, 0.29) is 36.7 Å². The standard InChI is InChI=1S/C21H17F9N2O6S2.C2H3F3O3S/c1-13(31-39(33,34)20(25,26)27)14-3-7-16(8-4-14)37-11-2-12-38-17-9-5-15(6-10-17)18(19(22,23)24)32-40(35,36)21(28,29)30;1-8-9(6,7)2(3,4)5/h3-10H,2,11-12H2,1H3;1H3. The molecule has 0 saturated heterocycles.